The van der Waals surface area contributed by atoms with Crippen molar-refractivity contribution in [2.45, 2.75) is 32.4 Å². The minimum absolute atomic E-state index is 0.593. The Morgan fingerprint density at radius 1 is 1.57 bits per heavy atom. The normalized spacial score (nSPS) is 15.4. The summed E-state index contributed by atoms with van der Waals surface area (Å²) in [5.74, 6) is 0. The molecule has 4 nitrogen and oxygen atoms in total. The lowest BCUT2D eigenvalue weighted by Crippen LogP contribution is -2.38. The number of hydrogen-bond acceptors (Lipinski definition) is 3. The van der Waals surface area contributed by atoms with Crippen molar-refractivity contribution in [2.75, 3.05) is 13.1 Å². The zero-order valence-corrected chi connectivity index (χ0v) is 8.90. The van der Waals surface area contributed by atoms with Crippen molar-refractivity contribution in [3.05, 3.63) is 18.5 Å². The highest BCUT2D eigenvalue weighted by atomic mass is 16.3. The highest BCUT2D eigenvalue weighted by Crippen LogP contribution is 2.05. The monoisotopic (exact) mass is 197 g/mol. The maximum absolute atomic E-state index is 9.70. The Bertz CT molecular complexity index is 244. The number of nitrogens with zero attached hydrogens (tertiary/aromatic N) is 2. The van der Waals surface area contributed by atoms with Crippen molar-refractivity contribution in [1.82, 2.24) is 15.1 Å². The van der Waals surface area contributed by atoms with E-state index >= 15 is 0 Å². The van der Waals surface area contributed by atoms with Gasteiger partial charge in [-0.3, -0.25) is 4.68 Å². The number of aliphatic hydroxyl groups is 1. The van der Waals surface area contributed by atoms with Crippen LogP contribution in [0.15, 0.2) is 18.5 Å². The average Bonchev–Trinajstić information content (AvgIpc) is 2.65. The average molecular weight is 197 g/mol. The van der Waals surface area contributed by atoms with Crippen molar-refractivity contribution < 1.29 is 5.11 Å². The van der Waals surface area contributed by atoms with Crippen LogP contribution in [0.3, 0.4) is 0 Å². The summed E-state index contributed by atoms with van der Waals surface area (Å²) in [7, 11) is 0. The molecule has 1 unspecified atom stereocenters. The minimum Gasteiger partial charge on any atom is -0.389 e. The molecule has 0 amide bonds. The molecule has 80 valence electrons. The van der Waals surface area contributed by atoms with Crippen LogP contribution in [0.5, 0.6) is 0 Å². The van der Waals surface area contributed by atoms with E-state index in [4.69, 9.17) is 0 Å². The number of aromatic nitrogens is 2. The highest BCUT2D eigenvalue weighted by molar-refractivity contribution is 4.78. The largest absolute Gasteiger partial charge is 0.389 e. The van der Waals surface area contributed by atoms with E-state index in [2.05, 4.69) is 10.4 Å². The molecule has 0 aliphatic rings. The molecule has 1 aromatic heterocycles. The van der Waals surface area contributed by atoms with E-state index in [1.165, 1.54) is 0 Å². The zero-order valence-electron chi connectivity index (χ0n) is 8.90. The Morgan fingerprint density at radius 2 is 2.36 bits per heavy atom. The van der Waals surface area contributed by atoms with Gasteiger partial charge in [0.1, 0.15) is 0 Å². The summed E-state index contributed by atoms with van der Waals surface area (Å²) in [5, 5.41) is 17.0. The van der Waals surface area contributed by atoms with Crippen LogP contribution >= 0.6 is 0 Å². The third-order valence-electron chi connectivity index (χ3n) is 2.34. The molecular formula is C10H19N3O. The first kappa shape index (κ1) is 11.2. The van der Waals surface area contributed by atoms with E-state index in [1.807, 2.05) is 30.8 Å². The van der Waals surface area contributed by atoms with Gasteiger partial charge in [0.2, 0.25) is 0 Å². The fourth-order valence-electron chi connectivity index (χ4n) is 1.11. The van der Waals surface area contributed by atoms with Crippen LogP contribution in [0.4, 0.5) is 0 Å². The Kier molecular flexibility index (Phi) is 4.10. The lowest BCUT2D eigenvalue weighted by molar-refractivity contribution is 0.0558. The summed E-state index contributed by atoms with van der Waals surface area (Å²) in [6.45, 7) is 6.12. The first-order valence-electron chi connectivity index (χ1n) is 5.04. The molecule has 0 saturated heterocycles. The van der Waals surface area contributed by atoms with Gasteiger partial charge in [-0.05, 0) is 19.4 Å². The highest BCUT2D eigenvalue weighted by Gasteiger charge is 2.15. The van der Waals surface area contributed by atoms with Crippen LogP contribution in [-0.4, -0.2) is 33.6 Å². The molecule has 0 radical (unpaired) electrons. The summed E-state index contributed by atoms with van der Waals surface area (Å²) in [6, 6.07) is 1.90. The molecular weight excluding hydrogens is 178 g/mol. The van der Waals surface area contributed by atoms with Crippen LogP contribution in [0.1, 0.15) is 20.3 Å². The lowest BCUT2D eigenvalue weighted by Gasteiger charge is -2.21. The Labute approximate surface area is 84.9 Å². The van der Waals surface area contributed by atoms with Gasteiger partial charge in [0.15, 0.2) is 0 Å². The third-order valence-corrected chi connectivity index (χ3v) is 2.34. The first-order valence-corrected chi connectivity index (χ1v) is 5.04. The Balaban J connectivity index is 2.11. The van der Waals surface area contributed by atoms with Crippen molar-refractivity contribution >= 4 is 0 Å². The molecule has 0 aromatic carbocycles. The van der Waals surface area contributed by atoms with E-state index in [1.54, 1.807) is 6.20 Å². The van der Waals surface area contributed by atoms with Crippen molar-refractivity contribution in [3.8, 4) is 0 Å². The van der Waals surface area contributed by atoms with Crippen molar-refractivity contribution in [3.63, 3.8) is 0 Å². The van der Waals surface area contributed by atoms with E-state index in [-0.39, 0.29) is 0 Å². The molecule has 0 aliphatic carbocycles. The minimum atomic E-state index is -0.593. The maximum atomic E-state index is 9.70. The summed E-state index contributed by atoms with van der Waals surface area (Å²) < 4.78 is 1.87. The van der Waals surface area contributed by atoms with E-state index in [0.717, 1.165) is 19.5 Å². The van der Waals surface area contributed by atoms with Crippen LogP contribution in [0.2, 0.25) is 0 Å². The van der Waals surface area contributed by atoms with Gasteiger partial charge in [-0.25, -0.2) is 0 Å². The molecule has 0 fully saturated rings. The predicted octanol–water partition coefficient (Wildman–Crippen LogP) is 0.634. The fourth-order valence-corrected chi connectivity index (χ4v) is 1.11. The topological polar surface area (TPSA) is 50.1 Å². The summed E-state index contributed by atoms with van der Waals surface area (Å²) >= 11 is 0. The summed E-state index contributed by atoms with van der Waals surface area (Å²) in [5.41, 5.74) is -0.593. The molecule has 0 spiro atoms. The van der Waals surface area contributed by atoms with Gasteiger partial charge in [0, 0.05) is 25.5 Å². The number of rotatable bonds is 6. The fraction of sp³-hybridized carbons (Fsp3) is 0.700. The van der Waals surface area contributed by atoms with Crippen LogP contribution in [0.25, 0.3) is 0 Å². The standard InChI is InChI=1S/C10H19N3O/c1-3-10(2,14)9-11-6-8-13-7-4-5-12-13/h4-5,7,11,14H,3,6,8-9H2,1-2H3. The molecule has 1 aromatic rings. The molecule has 1 heterocycles. The maximum Gasteiger partial charge on any atom is 0.0741 e. The molecule has 1 rings (SSSR count). The predicted molar refractivity (Wildman–Crippen MR) is 56.0 cm³/mol. The van der Waals surface area contributed by atoms with Crippen LogP contribution in [0, 0.1) is 0 Å². The van der Waals surface area contributed by atoms with Gasteiger partial charge in [-0.15, -0.1) is 0 Å². The molecule has 0 saturated carbocycles. The van der Waals surface area contributed by atoms with Gasteiger partial charge in [-0.1, -0.05) is 6.92 Å². The van der Waals surface area contributed by atoms with Gasteiger partial charge in [0.05, 0.1) is 12.1 Å². The SMILES string of the molecule is CCC(C)(O)CNCCn1cccn1. The van der Waals surface area contributed by atoms with E-state index in [9.17, 15) is 5.11 Å². The Morgan fingerprint density at radius 3 is 2.93 bits per heavy atom. The molecule has 14 heavy (non-hydrogen) atoms. The van der Waals surface area contributed by atoms with Crippen LogP contribution in [-0.2, 0) is 6.54 Å². The number of nitrogens with one attached hydrogen (secondary N) is 1. The molecule has 4 heteroatoms. The summed E-state index contributed by atoms with van der Waals surface area (Å²) in [4.78, 5) is 0. The molecule has 1 atom stereocenters. The smallest absolute Gasteiger partial charge is 0.0741 e. The second-order valence-electron chi connectivity index (χ2n) is 3.80. The lowest BCUT2D eigenvalue weighted by atomic mass is 10.0. The van der Waals surface area contributed by atoms with Crippen LogP contribution < -0.4 is 5.32 Å². The molecule has 2 N–H and O–H groups in total. The van der Waals surface area contributed by atoms with E-state index < -0.39 is 5.60 Å². The zero-order chi connectivity index (χ0) is 10.4. The molecule has 0 bridgehead atoms. The van der Waals surface area contributed by atoms with E-state index in [0.29, 0.717) is 6.54 Å². The van der Waals surface area contributed by atoms with Crippen molar-refractivity contribution in [1.29, 1.82) is 0 Å². The molecule has 0 aliphatic heterocycles. The quantitative estimate of drug-likeness (QED) is 0.658. The van der Waals surface area contributed by atoms with Crippen molar-refractivity contribution in [2.24, 2.45) is 0 Å². The van der Waals surface area contributed by atoms with Gasteiger partial charge in [-0.2, -0.15) is 5.10 Å². The van der Waals surface area contributed by atoms with Gasteiger partial charge < -0.3 is 10.4 Å². The Hall–Kier alpha value is -0.870. The second-order valence-corrected chi connectivity index (χ2v) is 3.80. The summed E-state index contributed by atoms with van der Waals surface area (Å²) in [6.07, 6.45) is 4.46. The first-order chi connectivity index (χ1) is 6.64. The number of hydrogen-bond donors (Lipinski definition) is 2. The second kappa shape index (κ2) is 5.12. The van der Waals surface area contributed by atoms with Gasteiger partial charge in [0.25, 0.3) is 0 Å². The van der Waals surface area contributed by atoms with Gasteiger partial charge >= 0.3 is 0 Å². The third kappa shape index (κ3) is 3.89.